The first-order valence-electron chi connectivity index (χ1n) is 5.63. The summed E-state index contributed by atoms with van der Waals surface area (Å²) in [6, 6.07) is 6.52. The summed E-state index contributed by atoms with van der Waals surface area (Å²) in [5.74, 6) is 0.691. The Morgan fingerprint density at radius 1 is 1.50 bits per heavy atom. The van der Waals surface area contributed by atoms with Crippen LogP contribution >= 0.6 is 11.6 Å². The van der Waals surface area contributed by atoms with Crippen molar-refractivity contribution in [3.63, 3.8) is 0 Å². The van der Waals surface area contributed by atoms with E-state index in [1.54, 1.807) is 0 Å². The van der Waals surface area contributed by atoms with E-state index in [-0.39, 0.29) is 11.8 Å². The zero-order valence-corrected chi connectivity index (χ0v) is 10.2. The predicted octanol–water partition coefficient (Wildman–Crippen LogP) is 2.73. The van der Waals surface area contributed by atoms with Gasteiger partial charge in [0.15, 0.2) is 0 Å². The molecule has 2 nitrogen and oxygen atoms in total. The lowest BCUT2D eigenvalue weighted by Gasteiger charge is -2.08. The topological polar surface area (TPSA) is 29.1 Å². The fraction of sp³-hybridized carbons (Fsp3) is 0.462. The summed E-state index contributed by atoms with van der Waals surface area (Å²) in [7, 11) is 0. The molecule has 1 N–H and O–H groups in total. The quantitative estimate of drug-likeness (QED) is 0.802. The molecule has 1 saturated carbocycles. The average molecular weight is 238 g/mol. The molecular formula is C13H16ClNO. The van der Waals surface area contributed by atoms with Gasteiger partial charge in [0.2, 0.25) is 5.91 Å². The minimum Gasteiger partial charge on any atom is -0.351 e. The van der Waals surface area contributed by atoms with Crippen LogP contribution in [0, 0.1) is 6.92 Å². The molecule has 1 aliphatic carbocycles. The van der Waals surface area contributed by atoms with Crippen molar-refractivity contribution >= 4 is 17.5 Å². The van der Waals surface area contributed by atoms with E-state index in [9.17, 15) is 4.79 Å². The molecule has 0 aromatic heterocycles. The van der Waals surface area contributed by atoms with E-state index < -0.39 is 0 Å². The van der Waals surface area contributed by atoms with E-state index in [0.29, 0.717) is 6.54 Å². The lowest BCUT2D eigenvalue weighted by Crippen LogP contribution is -2.24. The number of hydrogen-bond donors (Lipinski definition) is 1. The molecular weight excluding hydrogens is 222 g/mol. The third kappa shape index (κ3) is 2.76. The largest absolute Gasteiger partial charge is 0.351 e. The van der Waals surface area contributed by atoms with Crippen LogP contribution < -0.4 is 5.32 Å². The molecule has 1 aromatic rings. The van der Waals surface area contributed by atoms with Gasteiger partial charge in [-0.1, -0.05) is 18.2 Å². The smallest absolute Gasteiger partial charge is 0.235 e. The van der Waals surface area contributed by atoms with Gasteiger partial charge in [0.25, 0.3) is 0 Å². The minimum atomic E-state index is -0.118. The van der Waals surface area contributed by atoms with Crippen LogP contribution in [-0.2, 0) is 11.3 Å². The Kier molecular flexibility index (Phi) is 3.49. The third-order valence-corrected chi connectivity index (χ3v) is 3.26. The van der Waals surface area contributed by atoms with Crippen molar-refractivity contribution in [1.29, 1.82) is 0 Å². The number of amides is 1. The summed E-state index contributed by atoms with van der Waals surface area (Å²) in [5.41, 5.74) is 3.85. The normalized spacial score (nSPS) is 14.9. The van der Waals surface area contributed by atoms with Gasteiger partial charge in [-0.3, -0.25) is 4.79 Å². The molecule has 0 radical (unpaired) electrons. The number of nitrogens with one attached hydrogen (secondary N) is 1. The molecule has 1 aromatic carbocycles. The summed E-state index contributed by atoms with van der Waals surface area (Å²) < 4.78 is 0. The van der Waals surface area contributed by atoms with Gasteiger partial charge in [-0.05, 0) is 42.4 Å². The predicted molar refractivity (Wildman–Crippen MR) is 65.7 cm³/mol. The molecule has 0 bridgehead atoms. The molecule has 0 saturated heterocycles. The molecule has 2 rings (SSSR count). The Morgan fingerprint density at radius 2 is 2.25 bits per heavy atom. The van der Waals surface area contributed by atoms with Gasteiger partial charge in [0.05, 0.1) is 0 Å². The highest BCUT2D eigenvalue weighted by atomic mass is 35.5. The van der Waals surface area contributed by atoms with Gasteiger partial charge in [0, 0.05) is 6.54 Å². The van der Waals surface area contributed by atoms with Crippen LogP contribution in [0.4, 0.5) is 0 Å². The molecule has 0 aliphatic heterocycles. The number of alkyl halides is 1. The maximum Gasteiger partial charge on any atom is 0.235 e. The van der Waals surface area contributed by atoms with Crippen molar-refractivity contribution in [2.75, 3.05) is 5.88 Å². The van der Waals surface area contributed by atoms with E-state index in [2.05, 4.69) is 30.4 Å². The third-order valence-electron chi connectivity index (χ3n) is 3.01. The molecule has 3 heteroatoms. The molecule has 16 heavy (non-hydrogen) atoms. The number of halogens is 1. The Balaban J connectivity index is 2.01. The van der Waals surface area contributed by atoms with Crippen LogP contribution in [-0.4, -0.2) is 11.8 Å². The van der Waals surface area contributed by atoms with E-state index >= 15 is 0 Å². The minimum absolute atomic E-state index is 0.0270. The van der Waals surface area contributed by atoms with Crippen LogP contribution in [0.25, 0.3) is 0 Å². The van der Waals surface area contributed by atoms with Crippen molar-refractivity contribution in [3.05, 3.63) is 34.9 Å². The van der Waals surface area contributed by atoms with Crippen molar-refractivity contribution in [2.45, 2.75) is 32.2 Å². The Hall–Kier alpha value is -1.02. The number of hydrogen-bond acceptors (Lipinski definition) is 1. The second-order valence-corrected chi connectivity index (χ2v) is 4.64. The number of benzene rings is 1. The summed E-state index contributed by atoms with van der Waals surface area (Å²) in [5, 5.41) is 2.78. The SMILES string of the molecule is Cc1cc(C2CC2)ccc1CNC(=O)CCl. The monoisotopic (exact) mass is 237 g/mol. The number of aryl methyl sites for hydroxylation is 1. The number of carbonyl (C=O) groups excluding carboxylic acids is 1. The van der Waals surface area contributed by atoms with Crippen LogP contribution in [0.15, 0.2) is 18.2 Å². The standard InChI is InChI=1S/C13H16ClNO/c1-9-6-11(10-2-3-10)4-5-12(9)8-15-13(16)7-14/h4-6,10H,2-3,7-8H2,1H3,(H,15,16). The summed E-state index contributed by atoms with van der Waals surface area (Å²) in [6.07, 6.45) is 2.64. The second kappa shape index (κ2) is 4.88. The zero-order valence-electron chi connectivity index (χ0n) is 9.42. The highest BCUT2D eigenvalue weighted by molar-refractivity contribution is 6.27. The van der Waals surface area contributed by atoms with Crippen molar-refractivity contribution in [1.82, 2.24) is 5.32 Å². The van der Waals surface area contributed by atoms with Crippen molar-refractivity contribution in [2.24, 2.45) is 0 Å². The van der Waals surface area contributed by atoms with E-state index in [4.69, 9.17) is 11.6 Å². The lowest BCUT2D eigenvalue weighted by molar-refractivity contribution is -0.118. The number of rotatable bonds is 4. The molecule has 0 heterocycles. The van der Waals surface area contributed by atoms with E-state index in [1.165, 1.54) is 29.5 Å². The van der Waals surface area contributed by atoms with Gasteiger partial charge in [-0.15, -0.1) is 11.6 Å². The van der Waals surface area contributed by atoms with Crippen molar-refractivity contribution in [3.8, 4) is 0 Å². The molecule has 1 fully saturated rings. The fourth-order valence-electron chi connectivity index (χ4n) is 1.83. The summed E-state index contributed by atoms with van der Waals surface area (Å²) in [6.45, 7) is 2.66. The van der Waals surface area contributed by atoms with E-state index in [1.807, 2.05) is 0 Å². The maximum absolute atomic E-state index is 11.0. The van der Waals surface area contributed by atoms with Crippen LogP contribution in [0.5, 0.6) is 0 Å². The Labute approximate surface area is 101 Å². The zero-order chi connectivity index (χ0) is 11.5. The molecule has 0 atom stereocenters. The highest BCUT2D eigenvalue weighted by Crippen LogP contribution is 2.40. The van der Waals surface area contributed by atoms with Crippen LogP contribution in [0.2, 0.25) is 0 Å². The average Bonchev–Trinajstić information content (AvgIpc) is 3.10. The van der Waals surface area contributed by atoms with Crippen LogP contribution in [0.1, 0.15) is 35.4 Å². The van der Waals surface area contributed by atoms with Gasteiger partial charge < -0.3 is 5.32 Å². The Morgan fingerprint density at radius 3 is 2.81 bits per heavy atom. The maximum atomic E-state index is 11.0. The Bertz CT molecular complexity index is 399. The number of carbonyl (C=O) groups is 1. The molecule has 1 aliphatic rings. The molecule has 0 unspecified atom stereocenters. The first-order chi connectivity index (χ1) is 7.70. The summed E-state index contributed by atoms with van der Waals surface area (Å²) in [4.78, 5) is 11.0. The van der Waals surface area contributed by atoms with E-state index in [0.717, 1.165) is 5.92 Å². The first-order valence-corrected chi connectivity index (χ1v) is 6.16. The van der Waals surface area contributed by atoms with Gasteiger partial charge in [0.1, 0.15) is 5.88 Å². The van der Waals surface area contributed by atoms with Gasteiger partial charge >= 0.3 is 0 Å². The van der Waals surface area contributed by atoms with Crippen LogP contribution in [0.3, 0.4) is 0 Å². The molecule has 1 amide bonds. The lowest BCUT2D eigenvalue weighted by atomic mass is 10.0. The molecule has 0 spiro atoms. The van der Waals surface area contributed by atoms with Crippen molar-refractivity contribution < 1.29 is 4.79 Å². The molecule has 86 valence electrons. The second-order valence-electron chi connectivity index (χ2n) is 4.37. The van der Waals surface area contributed by atoms with Gasteiger partial charge in [-0.2, -0.15) is 0 Å². The highest BCUT2D eigenvalue weighted by Gasteiger charge is 2.23. The fourth-order valence-corrected chi connectivity index (χ4v) is 1.92. The summed E-state index contributed by atoms with van der Waals surface area (Å²) >= 11 is 5.42. The van der Waals surface area contributed by atoms with Gasteiger partial charge in [-0.25, -0.2) is 0 Å². The first kappa shape index (κ1) is 11.5.